The van der Waals surface area contributed by atoms with Crippen molar-refractivity contribution in [1.82, 2.24) is 35.8 Å². The number of nitrogen functional groups attached to an aromatic ring is 2. The van der Waals surface area contributed by atoms with Crippen molar-refractivity contribution in [1.29, 1.82) is 10.8 Å². The van der Waals surface area contributed by atoms with Crippen molar-refractivity contribution in [2.75, 3.05) is 60.4 Å². The van der Waals surface area contributed by atoms with Crippen molar-refractivity contribution < 1.29 is 107 Å². The molecule has 1 heterocycles. The lowest BCUT2D eigenvalue weighted by Gasteiger charge is -2.22. The first-order valence-electron chi connectivity index (χ1n) is 46.1. The van der Waals surface area contributed by atoms with Crippen LogP contribution >= 0.6 is 0 Å². The van der Waals surface area contributed by atoms with E-state index in [0.29, 0.717) is 142 Å². The normalized spacial score (nSPS) is 12.8. The van der Waals surface area contributed by atoms with Crippen LogP contribution in [-0.2, 0) is 173 Å². The van der Waals surface area contributed by atoms with Gasteiger partial charge in [0.2, 0.25) is 37.8 Å². The number of methoxy groups -OCH3 is 2. The summed E-state index contributed by atoms with van der Waals surface area (Å²) in [6.07, 6.45) is -1.29. The molecule has 1 aliphatic heterocycles. The topological polar surface area (TPSA) is 529 Å². The summed E-state index contributed by atoms with van der Waals surface area (Å²) in [5, 5.41) is 26.1. The number of amides is 6. The van der Waals surface area contributed by atoms with Gasteiger partial charge in [-0.05, 0) is 131 Å². The van der Waals surface area contributed by atoms with E-state index in [-0.39, 0.29) is 138 Å². The molecule has 0 radical (unpaired) electrons. The van der Waals surface area contributed by atoms with Gasteiger partial charge in [-0.25, -0.2) is 31.1 Å². The largest absolute Gasteiger partial charge is 0.471 e. The van der Waals surface area contributed by atoms with Crippen LogP contribution in [0.4, 0.5) is 13.2 Å². The van der Waals surface area contributed by atoms with E-state index in [4.69, 9.17) is 52.7 Å². The molecule has 0 spiro atoms. The average Bonchev–Trinajstić information content (AvgIpc) is 1.15. The Bertz CT molecular complexity index is 5620. The van der Waals surface area contributed by atoms with Crippen LogP contribution in [0.1, 0.15) is 174 Å². The molecular formula is C102H128F3N13O20S2. The molecule has 8 aromatic rings. The number of nitrogens with two attached hydrogens (primary N) is 4. The zero-order valence-corrected chi connectivity index (χ0v) is 80.5. The number of imide groups is 1. The Labute approximate surface area is 815 Å². The molecule has 1 aliphatic rings. The van der Waals surface area contributed by atoms with Crippen molar-refractivity contribution in [3.8, 4) is 0 Å². The smallest absolute Gasteiger partial charge is 0.384 e. The number of hydrogen-bond acceptors (Lipinski definition) is 24. The molecule has 754 valence electrons. The molecule has 1 fully saturated rings. The minimum atomic E-state index is -5.05. The molecule has 0 aromatic heterocycles. The number of alkyl halides is 3. The first-order valence-corrected chi connectivity index (χ1v) is 49.4. The van der Waals surface area contributed by atoms with Crippen molar-refractivity contribution >= 4 is 96.3 Å². The van der Waals surface area contributed by atoms with Crippen molar-refractivity contribution in [2.24, 2.45) is 34.8 Å². The average molecular weight is 1980 g/mol. The highest BCUT2D eigenvalue weighted by molar-refractivity contribution is 7.89. The van der Waals surface area contributed by atoms with Crippen LogP contribution in [0, 0.1) is 22.7 Å². The van der Waals surface area contributed by atoms with Gasteiger partial charge in [0.25, 0.3) is 11.8 Å². The van der Waals surface area contributed by atoms with Gasteiger partial charge >= 0.3 is 18.1 Å². The fourth-order valence-corrected chi connectivity index (χ4v) is 17.5. The van der Waals surface area contributed by atoms with Crippen molar-refractivity contribution in [3.63, 3.8) is 0 Å². The lowest BCUT2D eigenvalue weighted by Crippen LogP contribution is -2.43. The number of sulfonamides is 2. The van der Waals surface area contributed by atoms with E-state index >= 15 is 0 Å². The lowest BCUT2D eigenvalue weighted by molar-refractivity contribution is -0.197. The Morgan fingerprint density at radius 3 is 1.28 bits per heavy atom. The molecule has 9 rings (SSSR count). The number of carbonyl (C=O) groups excluding carboxylic acids is 11. The molecule has 0 bridgehead atoms. The Hall–Kier alpha value is -12.8. The molecule has 33 nitrogen and oxygen atoms in total. The van der Waals surface area contributed by atoms with Gasteiger partial charge in [0.1, 0.15) is 23.2 Å². The number of nitrogens with one attached hydrogen (secondary N) is 8. The van der Waals surface area contributed by atoms with E-state index in [1.54, 1.807) is 117 Å². The molecule has 38 heteroatoms. The highest BCUT2D eigenvalue weighted by Gasteiger charge is 2.39. The fraction of sp³-hybridized carbons (Fsp3) is 0.402. The second-order valence-electron chi connectivity index (χ2n) is 33.6. The standard InChI is InChI=1S/C48H62N6O8S.C40H45F3N6O5S.C14H21NO7/c1-61-26-27-62-25-24-52-46(57)23-22-43(55)21-18-36-11-5-14-40(28-36)34-63(59,60)54-44(15-7-10-35-8-3-2-4-9-35)45(56)31-42(30-38-12-6-13-39(29-38)32-49)48(58)53-33-37-16-19-41(20-17-37)47(50)51;41-40(42,43)39(52)48-25-31-12-4-10-29(19-31)21-34(38(51)47-24-28-15-17-33(18-16-28)37(45)46)22-36(50)35(14-6-9-27-7-2-1-3-8-27)49-55(53,54)26-32-13-5-11-30(20-32)23-44;1-20-9-10-21-8-2-3-11(16)4-7-14(19)22-15-12(17)5-6-13(15)18/h2-6,8-9,11-14,16-17,19-20,28-29,42,44,54H,7,10,15,18,21-27,30-34,49H2,1H3,(H3,50,51)(H,52,57)(H,53,58);1-5,7-8,10-13,15-20,34-35,49H,6,9,14,21-26,44H2,(H3,45,46)(H,47,51)(H,48,52);2-10H2,1H3/t42-,44-;34-,35-;/m11./s1. The molecular weight excluding hydrogens is 1850 g/mol. The minimum absolute atomic E-state index is 0.0166. The number of nitrogens with zero attached hydrogens (tertiary/aromatic N) is 1. The lowest BCUT2D eigenvalue weighted by atomic mass is 9.89. The highest BCUT2D eigenvalue weighted by atomic mass is 32.2. The second-order valence-corrected chi connectivity index (χ2v) is 37.1. The summed E-state index contributed by atoms with van der Waals surface area (Å²) in [5.74, 6) is -8.90. The summed E-state index contributed by atoms with van der Waals surface area (Å²) in [6.45, 7) is 3.39. The van der Waals surface area contributed by atoms with Gasteiger partial charge < -0.3 is 68.0 Å². The van der Waals surface area contributed by atoms with Gasteiger partial charge in [-0.1, -0.05) is 206 Å². The predicted molar refractivity (Wildman–Crippen MR) is 521 cm³/mol. The van der Waals surface area contributed by atoms with Gasteiger partial charge in [0.15, 0.2) is 11.6 Å². The first-order chi connectivity index (χ1) is 67.0. The van der Waals surface area contributed by atoms with Crippen molar-refractivity contribution in [3.05, 3.63) is 284 Å². The van der Waals surface area contributed by atoms with Crippen molar-refractivity contribution in [2.45, 2.75) is 191 Å². The number of hydroxylamine groups is 2. The van der Waals surface area contributed by atoms with Crippen LogP contribution in [0.15, 0.2) is 206 Å². The first kappa shape index (κ1) is 114. The number of hydrogen-bond donors (Lipinski definition) is 12. The maximum absolute atomic E-state index is 14.3. The van der Waals surface area contributed by atoms with Crippen LogP contribution in [0.3, 0.4) is 0 Å². The molecule has 6 amide bonds. The van der Waals surface area contributed by atoms with Crippen LogP contribution in [0.25, 0.3) is 0 Å². The maximum atomic E-state index is 14.3. The van der Waals surface area contributed by atoms with E-state index in [0.717, 1.165) is 38.9 Å². The molecule has 0 saturated carbocycles. The monoisotopic (exact) mass is 1980 g/mol. The Morgan fingerprint density at radius 2 is 0.821 bits per heavy atom. The number of carbonyl (C=O) groups is 11. The number of Topliss-reactive ketones (excluding diaryl/α,β-unsaturated/α-hetero) is 4. The number of ketones is 4. The third-order valence-corrected chi connectivity index (χ3v) is 25.0. The van der Waals surface area contributed by atoms with E-state index in [2.05, 4.69) is 30.2 Å². The SMILES string of the molecule is COCCOCCCC(=O)CCC(=O)ON1C(=O)CCC1=O.COCCOCCNC(=O)CCC(=O)CCc1cccc(CS(=O)(=O)N[C@H](CCCc2ccccc2)C(=O)C[C@@H](Cc2cccc(CN)c2)C(=O)NCc2ccc(C(=N)N)cc2)c1.N=C(N)c1ccc(CNC(=O)[C@@H](CC(=O)[C@@H](CCCc2ccccc2)NS(=O)(=O)Cc2cccc(CN)c2)Cc2cccc(CNC(=O)C(F)(F)F)c2)cc1. The molecule has 0 unspecified atom stereocenters. The second kappa shape index (κ2) is 61.0. The summed E-state index contributed by atoms with van der Waals surface area (Å²) < 4.78 is 119. The highest BCUT2D eigenvalue weighted by Crippen LogP contribution is 2.25. The minimum Gasteiger partial charge on any atom is -0.384 e. The number of rotatable bonds is 61. The van der Waals surface area contributed by atoms with Crippen LogP contribution in [-0.4, -0.2) is 177 Å². The number of ether oxygens (including phenoxy) is 4. The molecule has 16 N–H and O–H groups in total. The van der Waals surface area contributed by atoms with E-state index in [1.807, 2.05) is 96.3 Å². The zero-order valence-electron chi connectivity index (χ0n) is 78.9. The summed E-state index contributed by atoms with van der Waals surface area (Å²) in [5.41, 5.74) is 32.4. The Kier molecular flexibility index (Phi) is 49.7. The van der Waals surface area contributed by atoms with Gasteiger partial charge in [0.05, 0.1) is 63.0 Å². The third kappa shape index (κ3) is 44.6. The van der Waals surface area contributed by atoms with E-state index in [9.17, 15) is 82.7 Å². The zero-order chi connectivity index (χ0) is 102. The summed E-state index contributed by atoms with van der Waals surface area (Å²) in [7, 11) is -4.96. The maximum Gasteiger partial charge on any atom is 0.471 e. The summed E-state index contributed by atoms with van der Waals surface area (Å²) >= 11 is 0. The number of benzene rings is 8. The van der Waals surface area contributed by atoms with Crippen LogP contribution in [0.5, 0.6) is 0 Å². The van der Waals surface area contributed by atoms with Crippen LogP contribution in [0.2, 0.25) is 0 Å². The summed E-state index contributed by atoms with van der Waals surface area (Å²) in [6, 6.07) is 58.1. The molecule has 0 aliphatic carbocycles. The fourth-order valence-electron chi connectivity index (χ4n) is 14.8. The summed E-state index contributed by atoms with van der Waals surface area (Å²) in [4.78, 5) is 142. The number of halogens is 3. The van der Waals surface area contributed by atoms with Gasteiger partial charge in [-0.15, -0.1) is 5.06 Å². The molecule has 1 saturated heterocycles. The van der Waals surface area contributed by atoms with Gasteiger partial charge in [0, 0.05) is 141 Å². The quantitative estimate of drug-likeness (QED) is 0.00730. The van der Waals surface area contributed by atoms with Gasteiger partial charge in [-0.3, -0.25) is 58.8 Å². The Morgan fingerprint density at radius 1 is 0.421 bits per heavy atom. The molecule has 4 atom stereocenters. The van der Waals surface area contributed by atoms with E-state index < -0.39 is 109 Å². The third-order valence-electron chi connectivity index (χ3n) is 22.3. The molecule has 140 heavy (non-hydrogen) atoms. The number of amidine groups is 2. The van der Waals surface area contributed by atoms with Gasteiger partial charge in [-0.2, -0.15) is 13.2 Å². The van der Waals surface area contributed by atoms with E-state index in [1.165, 1.54) is 12.1 Å². The predicted octanol–water partition coefficient (Wildman–Crippen LogP) is 9.38. The molecule has 8 aromatic carbocycles. The van der Waals surface area contributed by atoms with Crippen LogP contribution < -0.4 is 53.6 Å². The number of aryl methyl sites for hydroxylation is 3. The Balaban J connectivity index is 0.000000315.